The van der Waals surface area contributed by atoms with Crippen molar-refractivity contribution in [2.75, 3.05) is 26.2 Å². The zero-order valence-electron chi connectivity index (χ0n) is 13.6. The molecule has 128 valence electrons. The Kier molecular flexibility index (Phi) is 4.96. The summed E-state index contributed by atoms with van der Waals surface area (Å²) in [4.78, 5) is 14.9. The van der Waals surface area contributed by atoms with Gasteiger partial charge in [0.15, 0.2) is 0 Å². The van der Waals surface area contributed by atoms with Crippen LogP contribution in [0.15, 0.2) is 0 Å². The third-order valence-electron chi connectivity index (χ3n) is 4.23. The highest BCUT2D eigenvalue weighted by molar-refractivity contribution is 5.68. The van der Waals surface area contributed by atoms with Gasteiger partial charge in [-0.3, -0.25) is 4.90 Å². The number of piperidine rings is 2. The van der Waals surface area contributed by atoms with E-state index in [0.717, 1.165) is 17.7 Å². The smallest absolute Gasteiger partial charge is 0.410 e. The van der Waals surface area contributed by atoms with E-state index in [9.17, 15) is 13.6 Å². The summed E-state index contributed by atoms with van der Waals surface area (Å²) in [6, 6.07) is -0.689. The first-order chi connectivity index (χ1) is 10.1. The molecule has 2 fully saturated rings. The molecule has 2 saturated heterocycles. The van der Waals surface area contributed by atoms with E-state index in [2.05, 4.69) is 0 Å². The van der Waals surface area contributed by atoms with Crippen molar-refractivity contribution < 1.29 is 18.3 Å². The van der Waals surface area contributed by atoms with E-state index < -0.39 is 30.2 Å². The lowest BCUT2D eigenvalue weighted by atomic mass is 9.95. The molecule has 2 rings (SSSR count). The summed E-state index contributed by atoms with van der Waals surface area (Å²) < 4.78 is 34.1. The van der Waals surface area contributed by atoms with Crippen molar-refractivity contribution in [1.82, 2.24) is 9.80 Å². The second-order valence-electron chi connectivity index (χ2n) is 7.34. The third kappa shape index (κ3) is 4.29. The number of nitrogens with zero attached hydrogens (tertiary/aromatic N) is 2. The van der Waals surface area contributed by atoms with Gasteiger partial charge in [0.2, 0.25) is 0 Å². The molecular formula is C15H27F2N3O2. The van der Waals surface area contributed by atoms with Crippen molar-refractivity contribution in [3.8, 4) is 0 Å². The van der Waals surface area contributed by atoms with Crippen LogP contribution < -0.4 is 5.73 Å². The van der Waals surface area contributed by atoms with Gasteiger partial charge in [-0.2, -0.15) is 0 Å². The Morgan fingerprint density at radius 2 is 1.77 bits per heavy atom. The summed E-state index contributed by atoms with van der Waals surface area (Å²) in [5.41, 5.74) is 5.16. The van der Waals surface area contributed by atoms with E-state index in [1.54, 1.807) is 20.8 Å². The first-order valence-corrected chi connectivity index (χ1v) is 7.94. The first-order valence-electron chi connectivity index (χ1n) is 7.94. The predicted octanol–water partition coefficient (Wildman–Crippen LogP) is 2.05. The highest BCUT2D eigenvalue weighted by atomic mass is 19.3. The molecule has 0 aromatic rings. The molecule has 2 aliphatic rings. The molecule has 2 N–H and O–H groups in total. The summed E-state index contributed by atoms with van der Waals surface area (Å²) in [6.07, 6.45) is 1.11. The fourth-order valence-corrected chi connectivity index (χ4v) is 3.09. The molecule has 0 spiro atoms. The van der Waals surface area contributed by atoms with Crippen molar-refractivity contribution in [1.29, 1.82) is 0 Å². The van der Waals surface area contributed by atoms with Gasteiger partial charge in [0.1, 0.15) is 5.60 Å². The van der Waals surface area contributed by atoms with Crippen LogP contribution in [0.25, 0.3) is 0 Å². The Morgan fingerprint density at radius 3 is 2.27 bits per heavy atom. The van der Waals surface area contributed by atoms with Crippen LogP contribution >= 0.6 is 0 Å². The number of carbonyl (C=O) groups excluding carboxylic acids is 1. The average Bonchev–Trinajstić information content (AvgIpc) is 2.37. The maximum Gasteiger partial charge on any atom is 0.410 e. The fraction of sp³-hybridized carbons (Fsp3) is 0.933. The topological polar surface area (TPSA) is 58.8 Å². The van der Waals surface area contributed by atoms with Crippen LogP contribution in [0.2, 0.25) is 0 Å². The fourth-order valence-electron chi connectivity index (χ4n) is 3.09. The number of ether oxygens (including phenoxy) is 1. The lowest BCUT2D eigenvalue weighted by Gasteiger charge is -2.45. The predicted molar refractivity (Wildman–Crippen MR) is 79.9 cm³/mol. The second kappa shape index (κ2) is 6.28. The molecule has 2 heterocycles. The molecule has 0 aromatic heterocycles. The minimum absolute atomic E-state index is 0.117. The Hall–Kier alpha value is -0.950. The Morgan fingerprint density at radius 1 is 1.18 bits per heavy atom. The van der Waals surface area contributed by atoms with Gasteiger partial charge < -0.3 is 15.4 Å². The highest BCUT2D eigenvalue weighted by Crippen LogP contribution is 2.33. The van der Waals surface area contributed by atoms with E-state index in [0.29, 0.717) is 19.6 Å². The van der Waals surface area contributed by atoms with Crippen LogP contribution in [-0.2, 0) is 4.74 Å². The van der Waals surface area contributed by atoms with Gasteiger partial charge in [0, 0.05) is 25.7 Å². The van der Waals surface area contributed by atoms with Crippen LogP contribution in [0.1, 0.15) is 40.0 Å². The summed E-state index contributed by atoms with van der Waals surface area (Å²) >= 11 is 0. The number of likely N-dealkylation sites (tertiary alicyclic amines) is 2. The maximum atomic E-state index is 14.5. The summed E-state index contributed by atoms with van der Waals surface area (Å²) in [6.45, 7) is 6.13. The molecular weight excluding hydrogens is 292 g/mol. The van der Waals surface area contributed by atoms with E-state index in [4.69, 9.17) is 10.5 Å². The van der Waals surface area contributed by atoms with Gasteiger partial charge in [-0.05, 0) is 40.0 Å². The Labute approximate surface area is 130 Å². The zero-order chi connectivity index (χ0) is 16.5. The molecule has 0 unspecified atom stereocenters. The van der Waals surface area contributed by atoms with Gasteiger partial charge in [0.05, 0.1) is 12.6 Å². The van der Waals surface area contributed by atoms with Crippen molar-refractivity contribution in [3.05, 3.63) is 0 Å². The van der Waals surface area contributed by atoms with Gasteiger partial charge in [-0.15, -0.1) is 0 Å². The number of rotatable bonds is 1. The molecule has 1 atom stereocenters. The lowest BCUT2D eigenvalue weighted by molar-refractivity contribution is -0.129. The lowest BCUT2D eigenvalue weighted by Crippen LogP contribution is -2.61. The summed E-state index contributed by atoms with van der Waals surface area (Å²) in [7, 11) is 0. The molecule has 2 aliphatic heterocycles. The van der Waals surface area contributed by atoms with E-state index in [1.807, 2.05) is 4.90 Å². The normalized spacial score (nSPS) is 27.7. The molecule has 7 heteroatoms. The molecule has 1 amide bonds. The minimum Gasteiger partial charge on any atom is -0.444 e. The van der Waals surface area contributed by atoms with Crippen LogP contribution in [0.3, 0.4) is 0 Å². The molecule has 22 heavy (non-hydrogen) atoms. The van der Waals surface area contributed by atoms with Crippen LogP contribution in [0, 0.1) is 0 Å². The van der Waals surface area contributed by atoms with Crippen LogP contribution in [-0.4, -0.2) is 65.7 Å². The second-order valence-corrected chi connectivity index (χ2v) is 7.34. The number of hydrogen-bond acceptors (Lipinski definition) is 4. The zero-order valence-corrected chi connectivity index (χ0v) is 13.6. The number of nitrogens with two attached hydrogens (primary N) is 1. The quantitative estimate of drug-likeness (QED) is 0.804. The van der Waals surface area contributed by atoms with Crippen molar-refractivity contribution in [2.45, 2.75) is 63.6 Å². The number of halogens is 2. The number of carbonyl (C=O) groups is 1. The Balaban J connectivity index is 1.96. The maximum absolute atomic E-state index is 14.5. The van der Waals surface area contributed by atoms with Gasteiger partial charge in [-0.25, -0.2) is 13.6 Å². The molecule has 0 radical (unpaired) electrons. The van der Waals surface area contributed by atoms with Crippen molar-refractivity contribution >= 4 is 6.09 Å². The van der Waals surface area contributed by atoms with Gasteiger partial charge >= 0.3 is 6.09 Å². The molecule has 0 aliphatic carbocycles. The molecule has 0 bridgehead atoms. The standard InChI is InChI=1S/C15H27F2N3O2/c1-14(2,3)22-13(21)20-9-6-12(15(16,17)10-20)19-7-4-11(18)5-8-19/h11-12H,4-10,18H2,1-3H3/t12-/m0/s1. The first kappa shape index (κ1) is 17.4. The number of hydrogen-bond donors (Lipinski definition) is 1. The van der Waals surface area contributed by atoms with Gasteiger partial charge in [0.25, 0.3) is 5.92 Å². The number of amides is 1. The minimum atomic E-state index is -2.92. The van der Waals surface area contributed by atoms with Crippen LogP contribution in [0.4, 0.5) is 13.6 Å². The van der Waals surface area contributed by atoms with Crippen molar-refractivity contribution in [2.24, 2.45) is 5.73 Å². The summed E-state index contributed by atoms with van der Waals surface area (Å²) in [5.74, 6) is -2.92. The van der Waals surface area contributed by atoms with E-state index in [1.165, 1.54) is 0 Å². The molecule has 0 aromatic carbocycles. The third-order valence-corrected chi connectivity index (χ3v) is 4.23. The Bertz CT molecular complexity index is 404. The molecule has 0 saturated carbocycles. The van der Waals surface area contributed by atoms with Crippen LogP contribution in [0.5, 0.6) is 0 Å². The SMILES string of the molecule is CC(C)(C)OC(=O)N1CC[C@H](N2CCC(N)CC2)C(F)(F)C1. The van der Waals surface area contributed by atoms with Crippen molar-refractivity contribution in [3.63, 3.8) is 0 Å². The number of alkyl halides is 2. The van der Waals surface area contributed by atoms with Gasteiger partial charge in [-0.1, -0.05) is 0 Å². The molecule has 5 nitrogen and oxygen atoms in total. The average molecular weight is 319 g/mol. The summed E-state index contributed by atoms with van der Waals surface area (Å²) in [5, 5.41) is 0. The van der Waals surface area contributed by atoms with E-state index in [-0.39, 0.29) is 12.5 Å². The highest BCUT2D eigenvalue weighted by Gasteiger charge is 2.49. The monoisotopic (exact) mass is 319 g/mol. The largest absolute Gasteiger partial charge is 0.444 e. The van der Waals surface area contributed by atoms with E-state index >= 15 is 0 Å².